The van der Waals surface area contributed by atoms with Crippen molar-refractivity contribution < 1.29 is 14.3 Å². The normalized spacial score (nSPS) is 22.9. The van der Waals surface area contributed by atoms with Crippen LogP contribution < -0.4 is 5.32 Å². The molecule has 0 unspecified atom stereocenters. The van der Waals surface area contributed by atoms with Gasteiger partial charge in [0.1, 0.15) is 0 Å². The number of esters is 1. The molecule has 0 aromatic heterocycles. The van der Waals surface area contributed by atoms with Crippen molar-refractivity contribution in [2.24, 2.45) is 17.8 Å². The summed E-state index contributed by atoms with van der Waals surface area (Å²) in [6.45, 7) is 6.27. The monoisotopic (exact) mass is 400 g/mol. The largest absolute Gasteiger partial charge is 0.466 e. The number of hydrogen-bond donors (Lipinski definition) is 1. The number of urea groups is 1. The van der Waals surface area contributed by atoms with E-state index in [1.165, 1.54) is 32.1 Å². The van der Waals surface area contributed by atoms with Crippen LogP contribution in [0.25, 0.3) is 0 Å². The van der Waals surface area contributed by atoms with E-state index in [-0.39, 0.29) is 18.4 Å². The minimum absolute atomic E-state index is 0.0203. The first-order valence-electron chi connectivity index (χ1n) is 11.3. The second kappa shape index (κ2) is 10.7. The van der Waals surface area contributed by atoms with Crippen LogP contribution in [0.4, 0.5) is 10.5 Å². The highest BCUT2D eigenvalue weighted by Gasteiger charge is 2.26. The third-order valence-corrected chi connectivity index (χ3v) is 6.56. The van der Waals surface area contributed by atoms with Crippen LogP contribution in [0.15, 0.2) is 24.3 Å². The van der Waals surface area contributed by atoms with Crippen molar-refractivity contribution in [3.8, 4) is 0 Å². The van der Waals surface area contributed by atoms with Crippen LogP contribution >= 0.6 is 0 Å². The summed E-state index contributed by atoms with van der Waals surface area (Å²) in [6.07, 6.45) is 9.44. The molecule has 1 N–H and O–H groups in total. The number of benzene rings is 1. The number of carbonyl (C=O) groups excluding carboxylic acids is 2. The van der Waals surface area contributed by atoms with E-state index < -0.39 is 0 Å². The van der Waals surface area contributed by atoms with Crippen molar-refractivity contribution >= 4 is 17.7 Å². The summed E-state index contributed by atoms with van der Waals surface area (Å²) in [5, 5.41) is 2.99. The average Bonchev–Trinajstić information content (AvgIpc) is 2.72. The Morgan fingerprint density at radius 2 is 1.62 bits per heavy atom. The Labute approximate surface area is 175 Å². The van der Waals surface area contributed by atoms with Gasteiger partial charge in [0, 0.05) is 18.8 Å². The Kier molecular flexibility index (Phi) is 7.96. The molecule has 5 heteroatoms. The molecule has 2 amide bonds. The summed E-state index contributed by atoms with van der Waals surface area (Å²) in [7, 11) is 0. The van der Waals surface area contributed by atoms with Gasteiger partial charge in [-0.1, -0.05) is 44.7 Å². The maximum absolute atomic E-state index is 12.6. The molecule has 0 radical (unpaired) electrons. The number of ether oxygens (including phenoxy) is 1. The molecule has 29 heavy (non-hydrogen) atoms. The Morgan fingerprint density at radius 1 is 1.00 bits per heavy atom. The van der Waals surface area contributed by atoms with E-state index in [2.05, 4.69) is 12.2 Å². The van der Waals surface area contributed by atoms with E-state index in [0.717, 1.165) is 54.9 Å². The molecular weight excluding hydrogens is 364 g/mol. The summed E-state index contributed by atoms with van der Waals surface area (Å²) in [6, 6.07) is 7.41. The van der Waals surface area contributed by atoms with Crippen LogP contribution in [-0.4, -0.2) is 36.6 Å². The molecule has 1 saturated carbocycles. The summed E-state index contributed by atoms with van der Waals surface area (Å²) in [5.74, 6) is 2.37. The smallest absolute Gasteiger partial charge is 0.321 e. The van der Waals surface area contributed by atoms with Crippen molar-refractivity contribution in [2.75, 3.05) is 25.0 Å². The maximum atomic E-state index is 12.6. The highest BCUT2D eigenvalue weighted by molar-refractivity contribution is 5.89. The third-order valence-electron chi connectivity index (χ3n) is 6.56. The molecule has 5 nitrogen and oxygen atoms in total. The number of hydrogen-bond acceptors (Lipinski definition) is 3. The van der Waals surface area contributed by atoms with Gasteiger partial charge in [-0.15, -0.1) is 0 Å². The van der Waals surface area contributed by atoms with E-state index >= 15 is 0 Å². The van der Waals surface area contributed by atoms with Gasteiger partial charge < -0.3 is 15.0 Å². The van der Waals surface area contributed by atoms with E-state index in [1.807, 2.05) is 29.2 Å². The summed E-state index contributed by atoms with van der Waals surface area (Å²) >= 11 is 0. The average molecular weight is 401 g/mol. The lowest BCUT2D eigenvalue weighted by Gasteiger charge is -2.35. The van der Waals surface area contributed by atoms with E-state index in [1.54, 1.807) is 6.92 Å². The molecular formula is C24H36N2O3. The molecule has 1 aliphatic carbocycles. The van der Waals surface area contributed by atoms with Gasteiger partial charge in [-0.2, -0.15) is 0 Å². The fraction of sp³-hybridized carbons (Fsp3) is 0.667. The minimum atomic E-state index is -0.227. The summed E-state index contributed by atoms with van der Waals surface area (Å²) in [4.78, 5) is 26.1. The molecule has 1 saturated heterocycles. The summed E-state index contributed by atoms with van der Waals surface area (Å²) < 4.78 is 4.97. The van der Waals surface area contributed by atoms with Crippen molar-refractivity contribution in [2.45, 2.75) is 65.2 Å². The van der Waals surface area contributed by atoms with Crippen LogP contribution in [0.3, 0.4) is 0 Å². The topological polar surface area (TPSA) is 58.6 Å². The molecule has 2 fully saturated rings. The second-order valence-corrected chi connectivity index (χ2v) is 8.90. The molecule has 160 valence electrons. The van der Waals surface area contributed by atoms with Gasteiger partial charge in [0.2, 0.25) is 0 Å². The fourth-order valence-electron chi connectivity index (χ4n) is 4.70. The van der Waals surface area contributed by atoms with E-state index in [9.17, 15) is 9.59 Å². The first kappa shape index (κ1) is 21.7. The highest BCUT2D eigenvalue weighted by atomic mass is 16.5. The Balaban J connectivity index is 1.39. The second-order valence-electron chi connectivity index (χ2n) is 8.90. The quantitative estimate of drug-likeness (QED) is 0.663. The van der Waals surface area contributed by atoms with Gasteiger partial charge in [0.15, 0.2) is 0 Å². The lowest BCUT2D eigenvalue weighted by molar-refractivity contribution is -0.142. The SMILES string of the molecule is CCOC(=O)Cc1ccc(NC(=O)N2CCC(CC3CCC(C)CC3)CC2)cc1. The number of piperidine rings is 1. The third kappa shape index (κ3) is 6.76. The van der Waals surface area contributed by atoms with Crippen molar-refractivity contribution in [1.82, 2.24) is 4.90 Å². The molecule has 1 aromatic carbocycles. The van der Waals surface area contributed by atoms with Gasteiger partial charge >= 0.3 is 12.0 Å². The Hall–Kier alpha value is -2.04. The molecule has 0 bridgehead atoms. The van der Waals surface area contributed by atoms with Crippen LogP contribution in [0, 0.1) is 17.8 Å². The summed E-state index contributed by atoms with van der Waals surface area (Å²) in [5.41, 5.74) is 1.65. The first-order chi connectivity index (χ1) is 14.0. The number of carbonyl (C=O) groups is 2. The molecule has 0 spiro atoms. The number of anilines is 1. The Bertz CT molecular complexity index is 657. The predicted octanol–water partition coefficient (Wildman–Crippen LogP) is 5.25. The van der Waals surface area contributed by atoms with E-state index in [0.29, 0.717) is 6.61 Å². The zero-order valence-electron chi connectivity index (χ0n) is 18.0. The minimum Gasteiger partial charge on any atom is -0.466 e. The number of nitrogens with zero attached hydrogens (tertiary/aromatic N) is 1. The number of rotatable bonds is 6. The molecule has 1 aromatic rings. The predicted molar refractivity (Wildman–Crippen MR) is 116 cm³/mol. The molecule has 0 atom stereocenters. The lowest BCUT2D eigenvalue weighted by Crippen LogP contribution is -2.41. The fourth-order valence-corrected chi connectivity index (χ4v) is 4.70. The number of amides is 2. The van der Waals surface area contributed by atoms with Crippen molar-refractivity contribution in [3.05, 3.63) is 29.8 Å². The van der Waals surface area contributed by atoms with Gasteiger partial charge in [-0.3, -0.25) is 4.79 Å². The van der Waals surface area contributed by atoms with Crippen LogP contribution in [0.5, 0.6) is 0 Å². The van der Waals surface area contributed by atoms with Gasteiger partial charge in [0.25, 0.3) is 0 Å². The van der Waals surface area contributed by atoms with Crippen LogP contribution in [0.2, 0.25) is 0 Å². The van der Waals surface area contributed by atoms with Gasteiger partial charge in [-0.05, 0) is 61.6 Å². The van der Waals surface area contributed by atoms with Crippen molar-refractivity contribution in [1.29, 1.82) is 0 Å². The number of likely N-dealkylation sites (tertiary alicyclic amines) is 1. The zero-order chi connectivity index (χ0) is 20.6. The molecule has 2 aliphatic rings. The maximum Gasteiger partial charge on any atom is 0.321 e. The van der Waals surface area contributed by atoms with Crippen LogP contribution in [-0.2, 0) is 16.0 Å². The van der Waals surface area contributed by atoms with Crippen molar-refractivity contribution in [3.63, 3.8) is 0 Å². The highest BCUT2D eigenvalue weighted by Crippen LogP contribution is 2.35. The van der Waals surface area contributed by atoms with E-state index in [4.69, 9.17) is 4.74 Å². The molecule has 3 rings (SSSR count). The molecule has 1 aliphatic heterocycles. The van der Waals surface area contributed by atoms with Gasteiger partial charge in [0.05, 0.1) is 13.0 Å². The standard InChI is InChI=1S/C24H36N2O3/c1-3-29-23(27)17-20-8-10-22(11-9-20)25-24(28)26-14-12-21(13-15-26)16-19-6-4-18(2)5-7-19/h8-11,18-19,21H,3-7,12-17H2,1-2H3,(H,25,28). The van der Waals surface area contributed by atoms with Gasteiger partial charge in [-0.25, -0.2) is 4.79 Å². The van der Waals surface area contributed by atoms with Crippen LogP contribution in [0.1, 0.15) is 64.4 Å². The lowest BCUT2D eigenvalue weighted by atomic mass is 9.77. The zero-order valence-corrected chi connectivity index (χ0v) is 18.0. The molecule has 1 heterocycles. The Morgan fingerprint density at radius 3 is 2.24 bits per heavy atom. The number of nitrogens with one attached hydrogen (secondary N) is 1. The first-order valence-corrected chi connectivity index (χ1v) is 11.3.